The van der Waals surface area contributed by atoms with Crippen molar-refractivity contribution in [1.29, 1.82) is 0 Å². The summed E-state index contributed by atoms with van der Waals surface area (Å²) in [6, 6.07) is 6.48. The van der Waals surface area contributed by atoms with Gasteiger partial charge in [-0.25, -0.2) is 4.79 Å². The Hall–Kier alpha value is -2.10. The fourth-order valence-electron chi connectivity index (χ4n) is 1.93. The molecule has 28 heavy (non-hydrogen) atoms. The molecule has 0 radical (unpaired) electrons. The molecule has 0 spiro atoms. The number of carbonyl (C=O) groups excluding carboxylic acids is 2. The number of benzene rings is 1. The van der Waals surface area contributed by atoms with E-state index in [1.54, 1.807) is 72.7 Å². The zero-order valence-corrected chi connectivity index (χ0v) is 17.6. The molecule has 0 saturated carbocycles. The van der Waals surface area contributed by atoms with E-state index in [4.69, 9.17) is 9.39 Å². The minimum Gasteiger partial charge on any atom is -0.444 e. The lowest BCUT2D eigenvalue weighted by Gasteiger charge is -2.38. The van der Waals surface area contributed by atoms with Crippen LogP contribution in [-0.2, 0) is 14.2 Å². The normalized spacial score (nSPS) is 12.3. The van der Waals surface area contributed by atoms with Crippen molar-refractivity contribution < 1.29 is 29.1 Å². The summed E-state index contributed by atoms with van der Waals surface area (Å²) in [5, 5.41) is 25.5. The van der Waals surface area contributed by atoms with Crippen LogP contribution in [0.2, 0.25) is 0 Å². The van der Waals surface area contributed by atoms with Gasteiger partial charge in [-0.1, -0.05) is 12.1 Å². The van der Waals surface area contributed by atoms with E-state index in [-0.39, 0.29) is 6.54 Å². The molecule has 0 atom stereocenters. The number of nitrogens with one attached hydrogen (secondary N) is 2. The highest BCUT2D eigenvalue weighted by Crippen LogP contribution is 2.25. The lowest BCUT2D eigenvalue weighted by Crippen LogP contribution is -2.53. The second-order valence-electron chi connectivity index (χ2n) is 8.57. The van der Waals surface area contributed by atoms with E-state index in [0.29, 0.717) is 11.2 Å². The molecule has 0 aliphatic rings. The Balaban J connectivity index is 2.68. The first-order chi connectivity index (χ1) is 12.6. The number of hydrogen-bond donors (Lipinski definition) is 4. The van der Waals surface area contributed by atoms with E-state index < -0.39 is 35.9 Å². The number of ether oxygens (including phenoxy) is 1. The standard InChI is InChI=1S/C19H31BN2O6/c1-17(2,3)27-16(24)21-12-15(23)22-14-10-8-9-13(11-14)20(26)28-19(6,7)18(4,5)25/h8-11,25-26H,12H2,1-7H3,(H,21,24)(H,22,23). The summed E-state index contributed by atoms with van der Waals surface area (Å²) in [5.74, 6) is -0.449. The molecule has 4 N–H and O–H groups in total. The fraction of sp³-hybridized carbons (Fsp3) is 0.579. The van der Waals surface area contributed by atoms with Crippen molar-refractivity contribution in [1.82, 2.24) is 5.32 Å². The first-order valence-corrected chi connectivity index (χ1v) is 9.06. The molecular weight excluding hydrogens is 363 g/mol. The van der Waals surface area contributed by atoms with Gasteiger partial charge in [0.2, 0.25) is 5.91 Å². The first kappa shape index (κ1) is 23.9. The molecule has 0 aliphatic carbocycles. The summed E-state index contributed by atoms with van der Waals surface area (Å²) in [7, 11) is -1.29. The summed E-state index contributed by atoms with van der Waals surface area (Å²) in [5.41, 5.74) is -2.00. The molecule has 0 bridgehead atoms. The quantitative estimate of drug-likeness (QED) is 0.520. The van der Waals surface area contributed by atoms with Gasteiger partial charge in [0.1, 0.15) is 12.1 Å². The van der Waals surface area contributed by atoms with Gasteiger partial charge >= 0.3 is 13.2 Å². The average molecular weight is 394 g/mol. The van der Waals surface area contributed by atoms with Crippen LogP contribution in [0.3, 0.4) is 0 Å². The number of hydrogen-bond acceptors (Lipinski definition) is 6. The van der Waals surface area contributed by atoms with Gasteiger partial charge in [-0.3, -0.25) is 4.79 Å². The summed E-state index contributed by atoms with van der Waals surface area (Å²) in [6.07, 6.45) is -0.686. The average Bonchev–Trinajstić information content (AvgIpc) is 2.50. The Morgan fingerprint density at radius 3 is 2.25 bits per heavy atom. The zero-order valence-electron chi connectivity index (χ0n) is 17.6. The third-order valence-electron chi connectivity index (χ3n) is 4.13. The Kier molecular flexibility index (Phi) is 7.64. The van der Waals surface area contributed by atoms with Crippen molar-refractivity contribution in [2.45, 2.75) is 65.3 Å². The largest absolute Gasteiger partial charge is 0.491 e. The van der Waals surface area contributed by atoms with Crippen molar-refractivity contribution in [3.8, 4) is 0 Å². The summed E-state index contributed by atoms with van der Waals surface area (Å²) < 4.78 is 10.7. The number of alkyl carbamates (subject to hydrolysis) is 1. The molecule has 0 heterocycles. The molecule has 0 fully saturated rings. The van der Waals surface area contributed by atoms with Crippen molar-refractivity contribution >= 4 is 30.3 Å². The second-order valence-corrected chi connectivity index (χ2v) is 8.57. The monoisotopic (exact) mass is 394 g/mol. The number of aliphatic hydroxyl groups is 1. The van der Waals surface area contributed by atoms with E-state index in [9.17, 15) is 19.7 Å². The Morgan fingerprint density at radius 1 is 1.11 bits per heavy atom. The van der Waals surface area contributed by atoms with Crippen LogP contribution in [0.25, 0.3) is 0 Å². The van der Waals surface area contributed by atoms with Crippen LogP contribution >= 0.6 is 0 Å². The van der Waals surface area contributed by atoms with Crippen LogP contribution in [0.4, 0.5) is 10.5 Å². The Bertz CT molecular complexity index is 694. The van der Waals surface area contributed by atoms with Gasteiger partial charge in [-0.15, -0.1) is 0 Å². The predicted octanol–water partition coefficient (Wildman–Crippen LogP) is 1.40. The van der Waals surface area contributed by atoms with Crippen molar-refractivity contribution in [2.24, 2.45) is 0 Å². The maximum atomic E-state index is 12.0. The van der Waals surface area contributed by atoms with E-state index in [2.05, 4.69) is 10.6 Å². The van der Waals surface area contributed by atoms with Gasteiger partial charge in [0, 0.05) is 5.69 Å². The van der Waals surface area contributed by atoms with Crippen LogP contribution < -0.4 is 16.1 Å². The van der Waals surface area contributed by atoms with Crippen LogP contribution in [0, 0.1) is 0 Å². The molecule has 2 amide bonds. The molecule has 8 nitrogen and oxygen atoms in total. The maximum Gasteiger partial charge on any atom is 0.491 e. The molecule has 1 aromatic rings. The third kappa shape index (κ3) is 7.88. The molecule has 0 aliphatic heterocycles. The molecular formula is C19H31BN2O6. The number of rotatable bonds is 7. The predicted molar refractivity (Wildman–Crippen MR) is 108 cm³/mol. The molecule has 1 rings (SSSR count). The van der Waals surface area contributed by atoms with Gasteiger partial charge in [0.25, 0.3) is 0 Å². The minimum atomic E-state index is -1.29. The highest BCUT2D eigenvalue weighted by molar-refractivity contribution is 6.60. The fourth-order valence-corrected chi connectivity index (χ4v) is 1.93. The molecule has 0 aromatic heterocycles. The molecule has 156 valence electrons. The van der Waals surface area contributed by atoms with Crippen LogP contribution in [0.5, 0.6) is 0 Å². The number of amides is 2. The maximum absolute atomic E-state index is 12.0. The molecule has 9 heteroatoms. The van der Waals surface area contributed by atoms with E-state index in [1.165, 1.54) is 0 Å². The molecule has 1 aromatic carbocycles. The van der Waals surface area contributed by atoms with Crippen molar-refractivity contribution in [3.05, 3.63) is 24.3 Å². The topological polar surface area (TPSA) is 117 Å². The van der Waals surface area contributed by atoms with E-state index in [0.717, 1.165) is 0 Å². The molecule has 0 saturated heterocycles. The van der Waals surface area contributed by atoms with Gasteiger partial charge in [-0.05, 0) is 66.1 Å². The SMILES string of the molecule is CC(C)(C)OC(=O)NCC(=O)Nc1cccc(B(O)OC(C)(C)C(C)(C)O)c1. The lowest BCUT2D eigenvalue weighted by atomic mass is 9.76. The number of anilines is 1. The van der Waals surface area contributed by atoms with Gasteiger partial charge < -0.3 is 30.2 Å². The van der Waals surface area contributed by atoms with Crippen molar-refractivity contribution in [2.75, 3.05) is 11.9 Å². The van der Waals surface area contributed by atoms with Crippen LogP contribution in [0.1, 0.15) is 48.5 Å². The van der Waals surface area contributed by atoms with Gasteiger partial charge in [0.05, 0.1) is 11.2 Å². The van der Waals surface area contributed by atoms with Gasteiger partial charge in [-0.2, -0.15) is 0 Å². The third-order valence-corrected chi connectivity index (χ3v) is 4.13. The Morgan fingerprint density at radius 2 is 1.71 bits per heavy atom. The smallest absolute Gasteiger partial charge is 0.444 e. The van der Waals surface area contributed by atoms with Crippen molar-refractivity contribution in [3.63, 3.8) is 0 Å². The highest BCUT2D eigenvalue weighted by atomic mass is 16.6. The summed E-state index contributed by atoms with van der Waals surface area (Å²) in [6.45, 7) is 11.4. The number of carbonyl (C=O) groups is 2. The first-order valence-electron chi connectivity index (χ1n) is 9.06. The lowest BCUT2D eigenvalue weighted by molar-refractivity contribution is -0.115. The van der Waals surface area contributed by atoms with E-state index >= 15 is 0 Å². The van der Waals surface area contributed by atoms with Gasteiger partial charge in [0.15, 0.2) is 0 Å². The minimum absolute atomic E-state index is 0.260. The van der Waals surface area contributed by atoms with Crippen LogP contribution in [-0.4, -0.2) is 52.6 Å². The summed E-state index contributed by atoms with van der Waals surface area (Å²) >= 11 is 0. The Labute approximate surface area is 166 Å². The molecule has 0 unspecified atom stereocenters. The summed E-state index contributed by atoms with van der Waals surface area (Å²) in [4.78, 5) is 23.6. The zero-order chi connectivity index (χ0) is 21.8. The van der Waals surface area contributed by atoms with E-state index in [1.807, 2.05) is 0 Å². The van der Waals surface area contributed by atoms with Crippen LogP contribution in [0.15, 0.2) is 24.3 Å². The second kappa shape index (κ2) is 8.94. The highest BCUT2D eigenvalue weighted by Gasteiger charge is 2.39.